The van der Waals surface area contributed by atoms with Crippen LogP contribution in [0.4, 0.5) is 0 Å². The summed E-state index contributed by atoms with van der Waals surface area (Å²) in [5.74, 6) is 4.96. The van der Waals surface area contributed by atoms with Crippen LogP contribution < -0.4 is 11.3 Å². The minimum absolute atomic E-state index is 0.176. The van der Waals surface area contributed by atoms with Crippen LogP contribution in [-0.2, 0) is 14.9 Å². The van der Waals surface area contributed by atoms with E-state index in [2.05, 4.69) is 37.3 Å². The maximum atomic E-state index is 11.4. The van der Waals surface area contributed by atoms with Crippen molar-refractivity contribution in [3.8, 4) is 0 Å². The van der Waals surface area contributed by atoms with Gasteiger partial charge >= 0.3 is 0 Å². The van der Waals surface area contributed by atoms with Crippen molar-refractivity contribution in [1.82, 2.24) is 5.43 Å². The molecule has 0 saturated carbocycles. The molecule has 1 aliphatic heterocycles. The van der Waals surface area contributed by atoms with Crippen LogP contribution in [0.15, 0.2) is 27.1 Å². The van der Waals surface area contributed by atoms with Crippen molar-refractivity contribution >= 4 is 37.8 Å². The minimum Gasteiger partial charge on any atom is -0.379 e. The van der Waals surface area contributed by atoms with E-state index in [1.54, 1.807) is 0 Å². The van der Waals surface area contributed by atoms with Gasteiger partial charge in [-0.15, -0.1) is 0 Å². The molecule has 1 aliphatic rings. The molecule has 0 atom stereocenters. The van der Waals surface area contributed by atoms with E-state index in [9.17, 15) is 4.79 Å². The maximum Gasteiger partial charge on any atom is 0.234 e. The second-order valence-electron chi connectivity index (χ2n) is 4.18. The number of hydrazine groups is 1. The van der Waals surface area contributed by atoms with Crippen molar-refractivity contribution in [2.45, 2.75) is 11.8 Å². The molecule has 3 N–H and O–H groups in total. The van der Waals surface area contributed by atoms with Crippen LogP contribution in [0.1, 0.15) is 12.0 Å². The third-order valence-electron chi connectivity index (χ3n) is 2.89. The summed E-state index contributed by atoms with van der Waals surface area (Å²) in [5.41, 5.74) is 2.99. The summed E-state index contributed by atoms with van der Waals surface area (Å²) in [6.45, 7) is 1.09. The molecule has 1 aromatic rings. The second kappa shape index (κ2) is 5.06. The van der Waals surface area contributed by atoms with E-state index in [0.717, 1.165) is 14.5 Å². The Kier molecular flexibility index (Phi) is 3.87. The Bertz CT molecular complexity index is 427. The normalized spacial score (nSPS) is 17.4. The number of rotatable bonds is 3. The summed E-state index contributed by atoms with van der Waals surface area (Å²) >= 11 is 6.89. The van der Waals surface area contributed by atoms with Gasteiger partial charge in [-0.05, 0) is 23.8 Å². The van der Waals surface area contributed by atoms with Crippen molar-refractivity contribution in [3.05, 3.63) is 32.7 Å². The average Bonchev–Trinajstić information content (AvgIpc) is 2.21. The van der Waals surface area contributed by atoms with Crippen molar-refractivity contribution < 1.29 is 9.53 Å². The summed E-state index contributed by atoms with van der Waals surface area (Å²) in [7, 11) is 0. The fourth-order valence-corrected chi connectivity index (χ4v) is 3.23. The molecule has 1 fully saturated rings. The zero-order chi connectivity index (χ0) is 12.5. The standard InChI is InChI=1S/C11H12Br2N2O2/c12-8-1-7(2-9(13)3-8)11(5-17-6-11)4-10(16)15-14/h1-3H,4-6,14H2,(H,15,16). The third kappa shape index (κ3) is 2.70. The number of hydrogen-bond acceptors (Lipinski definition) is 3. The molecule has 0 radical (unpaired) electrons. The average molecular weight is 364 g/mol. The van der Waals surface area contributed by atoms with Gasteiger partial charge in [0, 0.05) is 15.4 Å². The Hall–Kier alpha value is -0.430. The quantitative estimate of drug-likeness (QED) is 0.489. The molecule has 1 aromatic carbocycles. The fourth-order valence-electron chi connectivity index (χ4n) is 1.94. The smallest absolute Gasteiger partial charge is 0.234 e. The lowest BCUT2D eigenvalue weighted by Crippen LogP contribution is -2.50. The lowest BCUT2D eigenvalue weighted by atomic mass is 9.75. The van der Waals surface area contributed by atoms with Crippen LogP contribution in [0.2, 0.25) is 0 Å². The lowest BCUT2D eigenvalue weighted by Gasteiger charge is -2.41. The first kappa shape index (κ1) is 13.0. The first-order valence-corrected chi connectivity index (χ1v) is 6.68. The topological polar surface area (TPSA) is 64.3 Å². The first-order valence-electron chi connectivity index (χ1n) is 5.09. The third-order valence-corrected chi connectivity index (χ3v) is 3.81. The molecule has 0 spiro atoms. The highest BCUT2D eigenvalue weighted by molar-refractivity contribution is 9.11. The predicted octanol–water partition coefficient (Wildman–Crippen LogP) is 1.86. The highest BCUT2D eigenvalue weighted by Crippen LogP contribution is 2.38. The number of hydrogen-bond donors (Lipinski definition) is 2. The van der Waals surface area contributed by atoms with Gasteiger partial charge in [0.2, 0.25) is 5.91 Å². The summed E-state index contributed by atoms with van der Waals surface area (Å²) in [6.07, 6.45) is 0.340. The Labute approximate surface area is 116 Å². The molecule has 2 rings (SSSR count). The zero-order valence-electron chi connectivity index (χ0n) is 9.00. The molecule has 0 aliphatic carbocycles. The maximum absolute atomic E-state index is 11.4. The van der Waals surface area contributed by atoms with Crippen molar-refractivity contribution in [1.29, 1.82) is 0 Å². The summed E-state index contributed by atoms with van der Waals surface area (Å²) < 4.78 is 7.21. The van der Waals surface area contributed by atoms with Gasteiger partial charge < -0.3 is 4.74 Å². The molecule has 92 valence electrons. The Morgan fingerprint density at radius 1 is 1.35 bits per heavy atom. The fraction of sp³-hybridized carbons (Fsp3) is 0.364. The number of nitrogens with one attached hydrogen (secondary N) is 1. The van der Waals surface area contributed by atoms with E-state index in [1.165, 1.54) is 0 Å². The van der Waals surface area contributed by atoms with Gasteiger partial charge in [-0.1, -0.05) is 31.9 Å². The number of halogens is 2. The number of amides is 1. The SMILES string of the molecule is NNC(=O)CC1(c2cc(Br)cc(Br)c2)COC1. The van der Waals surface area contributed by atoms with E-state index in [4.69, 9.17) is 10.6 Å². The van der Waals surface area contributed by atoms with E-state index < -0.39 is 0 Å². The van der Waals surface area contributed by atoms with E-state index in [0.29, 0.717) is 19.6 Å². The van der Waals surface area contributed by atoms with E-state index in [1.807, 2.05) is 18.2 Å². The predicted molar refractivity (Wildman–Crippen MR) is 71.3 cm³/mol. The first-order chi connectivity index (χ1) is 8.05. The summed E-state index contributed by atoms with van der Waals surface area (Å²) in [4.78, 5) is 11.4. The van der Waals surface area contributed by atoms with E-state index in [-0.39, 0.29) is 11.3 Å². The number of carbonyl (C=O) groups is 1. The number of nitrogens with two attached hydrogens (primary N) is 1. The van der Waals surface area contributed by atoms with Gasteiger partial charge in [0.05, 0.1) is 18.6 Å². The van der Waals surface area contributed by atoms with Crippen LogP contribution in [0.5, 0.6) is 0 Å². The molecule has 1 heterocycles. The molecule has 0 bridgehead atoms. The highest BCUT2D eigenvalue weighted by atomic mass is 79.9. The summed E-state index contributed by atoms with van der Waals surface area (Å²) in [5, 5.41) is 0. The molecule has 1 amide bonds. The van der Waals surface area contributed by atoms with Gasteiger partial charge in [-0.2, -0.15) is 0 Å². The zero-order valence-corrected chi connectivity index (χ0v) is 12.2. The minimum atomic E-state index is -0.254. The van der Waals surface area contributed by atoms with Gasteiger partial charge in [0.25, 0.3) is 0 Å². The van der Waals surface area contributed by atoms with Crippen LogP contribution in [-0.4, -0.2) is 19.1 Å². The van der Waals surface area contributed by atoms with Gasteiger partial charge in [-0.3, -0.25) is 10.2 Å². The lowest BCUT2D eigenvalue weighted by molar-refractivity contribution is -0.129. The van der Waals surface area contributed by atoms with Gasteiger partial charge in [0.15, 0.2) is 0 Å². The van der Waals surface area contributed by atoms with Crippen LogP contribution in [0, 0.1) is 0 Å². The van der Waals surface area contributed by atoms with E-state index >= 15 is 0 Å². The molecule has 6 heteroatoms. The largest absolute Gasteiger partial charge is 0.379 e. The number of benzene rings is 1. The highest BCUT2D eigenvalue weighted by Gasteiger charge is 2.42. The molecular formula is C11H12Br2N2O2. The molecule has 0 aromatic heterocycles. The molecular weight excluding hydrogens is 352 g/mol. The van der Waals surface area contributed by atoms with Crippen molar-refractivity contribution in [2.24, 2.45) is 5.84 Å². The number of ether oxygens (including phenoxy) is 1. The summed E-state index contributed by atoms with van der Waals surface area (Å²) in [6, 6.07) is 5.98. The molecule has 4 nitrogen and oxygen atoms in total. The van der Waals surface area contributed by atoms with Crippen molar-refractivity contribution in [2.75, 3.05) is 13.2 Å². The van der Waals surface area contributed by atoms with Crippen LogP contribution in [0.3, 0.4) is 0 Å². The Morgan fingerprint density at radius 3 is 2.35 bits per heavy atom. The van der Waals surface area contributed by atoms with Crippen LogP contribution in [0.25, 0.3) is 0 Å². The van der Waals surface area contributed by atoms with Gasteiger partial charge in [-0.25, -0.2) is 5.84 Å². The molecule has 0 unspecified atom stereocenters. The molecule has 17 heavy (non-hydrogen) atoms. The monoisotopic (exact) mass is 362 g/mol. The van der Waals surface area contributed by atoms with Crippen molar-refractivity contribution in [3.63, 3.8) is 0 Å². The Balaban J connectivity index is 2.31. The Morgan fingerprint density at radius 2 is 1.94 bits per heavy atom. The van der Waals surface area contributed by atoms with Crippen LogP contribution >= 0.6 is 31.9 Å². The molecule has 1 saturated heterocycles. The second-order valence-corrected chi connectivity index (χ2v) is 6.01. The number of carbonyl (C=O) groups excluding carboxylic acids is 1. The van der Waals surface area contributed by atoms with Gasteiger partial charge in [0.1, 0.15) is 0 Å².